The Balaban J connectivity index is 0.000000301. The van der Waals surface area contributed by atoms with Gasteiger partial charge in [0, 0.05) is 36.6 Å². The van der Waals surface area contributed by atoms with E-state index >= 15 is 0 Å². The second kappa shape index (κ2) is 7.55. The lowest BCUT2D eigenvalue weighted by Gasteiger charge is -2.31. The first-order valence-corrected chi connectivity index (χ1v) is 7.80. The van der Waals surface area contributed by atoms with Crippen LogP contribution in [0.25, 0.3) is 11.0 Å². The van der Waals surface area contributed by atoms with E-state index in [2.05, 4.69) is 24.1 Å². The number of piperazine rings is 1. The summed E-state index contributed by atoms with van der Waals surface area (Å²) in [5, 5.41) is 20.1. The third-order valence-electron chi connectivity index (χ3n) is 3.91. The smallest absolute Gasteiger partial charge is 0.414 e. The second-order valence-corrected chi connectivity index (χ2v) is 5.80. The number of aliphatic carboxylic acids is 2. The minimum Gasteiger partial charge on any atom is -0.473 e. The molecule has 0 atom stereocenters. The van der Waals surface area contributed by atoms with E-state index in [0.29, 0.717) is 0 Å². The molecule has 0 unspecified atom stereocenters. The molecule has 24 heavy (non-hydrogen) atoms. The fourth-order valence-corrected chi connectivity index (χ4v) is 2.92. The predicted molar refractivity (Wildman–Crippen MR) is 91.1 cm³/mol. The van der Waals surface area contributed by atoms with Crippen LogP contribution < -0.4 is 10.2 Å². The van der Waals surface area contributed by atoms with Crippen molar-refractivity contribution in [1.82, 2.24) is 5.32 Å². The molecule has 2 aromatic rings. The van der Waals surface area contributed by atoms with Gasteiger partial charge in [0.1, 0.15) is 0 Å². The molecule has 7 nitrogen and oxygen atoms in total. The maximum Gasteiger partial charge on any atom is 0.414 e. The van der Waals surface area contributed by atoms with Gasteiger partial charge in [0.2, 0.25) is 0 Å². The summed E-state index contributed by atoms with van der Waals surface area (Å²) < 4.78 is 5.70. The van der Waals surface area contributed by atoms with Crippen molar-refractivity contribution < 1.29 is 24.2 Å². The third kappa shape index (κ3) is 3.63. The molecule has 1 aliphatic heterocycles. The lowest BCUT2D eigenvalue weighted by molar-refractivity contribution is -0.159. The summed E-state index contributed by atoms with van der Waals surface area (Å²) in [5.74, 6) is -3.65. The SMILES string of the molecule is Cc1c(Cl)c(C)c2ccoc2c1N1CCNCC1.O=C(O)C(=O)O. The number of hydrogen-bond donors (Lipinski definition) is 3. The zero-order valence-corrected chi connectivity index (χ0v) is 14.2. The van der Waals surface area contributed by atoms with E-state index in [0.717, 1.165) is 59.0 Å². The van der Waals surface area contributed by atoms with E-state index in [-0.39, 0.29) is 0 Å². The van der Waals surface area contributed by atoms with Gasteiger partial charge in [-0.2, -0.15) is 0 Å². The Bertz CT molecular complexity index is 753. The molecule has 0 radical (unpaired) electrons. The van der Waals surface area contributed by atoms with Crippen molar-refractivity contribution in [3.05, 3.63) is 28.5 Å². The molecule has 2 heterocycles. The molecule has 0 aliphatic carbocycles. The molecule has 0 saturated carbocycles. The summed E-state index contributed by atoms with van der Waals surface area (Å²) in [7, 11) is 0. The molecule has 0 amide bonds. The van der Waals surface area contributed by atoms with E-state index < -0.39 is 11.9 Å². The maximum atomic E-state index is 9.10. The first-order valence-electron chi connectivity index (χ1n) is 7.42. The van der Waals surface area contributed by atoms with E-state index in [1.165, 1.54) is 0 Å². The van der Waals surface area contributed by atoms with Crippen LogP contribution in [0, 0.1) is 13.8 Å². The Hall–Kier alpha value is -2.25. The summed E-state index contributed by atoms with van der Waals surface area (Å²) in [5.41, 5.74) is 4.36. The Kier molecular flexibility index (Phi) is 5.69. The van der Waals surface area contributed by atoms with Crippen LogP contribution in [-0.4, -0.2) is 48.3 Å². The molecule has 0 bridgehead atoms. The molecule has 1 aliphatic rings. The zero-order valence-electron chi connectivity index (χ0n) is 13.4. The van der Waals surface area contributed by atoms with Crippen molar-refractivity contribution >= 4 is 40.2 Å². The molecule has 0 spiro atoms. The van der Waals surface area contributed by atoms with Crippen LogP contribution in [0.3, 0.4) is 0 Å². The van der Waals surface area contributed by atoms with E-state index in [9.17, 15) is 0 Å². The minimum atomic E-state index is -1.82. The zero-order chi connectivity index (χ0) is 17.9. The molecule has 130 valence electrons. The number of carboxylic acids is 2. The Morgan fingerprint density at radius 3 is 2.29 bits per heavy atom. The number of carboxylic acid groups (broad SMARTS) is 2. The van der Waals surface area contributed by atoms with E-state index in [1.807, 2.05) is 6.07 Å². The lowest BCUT2D eigenvalue weighted by Crippen LogP contribution is -2.43. The van der Waals surface area contributed by atoms with E-state index in [1.54, 1.807) is 6.26 Å². The van der Waals surface area contributed by atoms with E-state index in [4.69, 9.17) is 35.8 Å². The number of hydrogen-bond acceptors (Lipinski definition) is 5. The highest BCUT2D eigenvalue weighted by Gasteiger charge is 2.21. The van der Waals surface area contributed by atoms with Crippen molar-refractivity contribution in [3.8, 4) is 0 Å². The van der Waals surface area contributed by atoms with Crippen LogP contribution in [0.5, 0.6) is 0 Å². The Morgan fingerprint density at radius 2 is 1.75 bits per heavy atom. The first-order chi connectivity index (χ1) is 11.3. The van der Waals surface area contributed by atoms with Crippen molar-refractivity contribution in [3.63, 3.8) is 0 Å². The van der Waals surface area contributed by atoms with Crippen LogP contribution in [0.4, 0.5) is 5.69 Å². The van der Waals surface area contributed by atoms with Crippen LogP contribution in [0.1, 0.15) is 11.1 Å². The first kappa shape index (κ1) is 18.1. The fourth-order valence-electron chi connectivity index (χ4n) is 2.73. The molecular weight excluding hydrogens is 336 g/mol. The van der Waals surface area contributed by atoms with Gasteiger partial charge in [-0.15, -0.1) is 0 Å². The molecule has 3 rings (SSSR count). The van der Waals surface area contributed by atoms with Gasteiger partial charge >= 0.3 is 11.9 Å². The third-order valence-corrected chi connectivity index (χ3v) is 4.48. The number of rotatable bonds is 1. The summed E-state index contributed by atoms with van der Waals surface area (Å²) in [6.07, 6.45) is 1.75. The highest BCUT2D eigenvalue weighted by molar-refractivity contribution is 6.34. The highest BCUT2D eigenvalue weighted by Crippen LogP contribution is 2.39. The molecule has 1 aromatic heterocycles. The number of aryl methyl sites for hydroxylation is 1. The number of nitrogens with zero attached hydrogens (tertiary/aromatic N) is 1. The summed E-state index contributed by atoms with van der Waals surface area (Å²) in [4.78, 5) is 20.6. The molecule has 8 heteroatoms. The number of carbonyl (C=O) groups is 2. The quantitative estimate of drug-likeness (QED) is 0.675. The number of anilines is 1. The number of nitrogens with one attached hydrogen (secondary N) is 1. The number of halogens is 1. The predicted octanol–water partition coefficient (Wildman–Crippen LogP) is 2.27. The molecule has 3 N–H and O–H groups in total. The van der Waals surface area contributed by atoms with Crippen LogP contribution in [0.15, 0.2) is 16.7 Å². The monoisotopic (exact) mass is 354 g/mol. The lowest BCUT2D eigenvalue weighted by atomic mass is 10.0. The molecule has 1 saturated heterocycles. The van der Waals surface area contributed by atoms with Gasteiger partial charge in [-0.25, -0.2) is 9.59 Å². The number of furan rings is 1. The molecule has 1 fully saturated rings. The Labute approximate surface area is 143 Å². The molecule has 1 aromatic carbocycles. The van der Waals surface area contributed by atoms with Crippen molar-refractivity contribution in [2.75, 3.05) is 31.1 Å². The van der Waals surface area contributed by atoms with Gasteiger partial charge in [0.15, 0.2) is 5.58 Å². The number of benzene rings is 1. The van der Waals surface area contributed by atoms with Gasteiger partial charge in [0.05, 0.1) is 12.0 Å². The van der Waals surface area contributed by atoms with Gasteiger partial charge < -0.3 is 24.8 Å². The van der Waals surface area contributed by atoms with Gasteiger partial charge in [-0.3, -0.25) is 0 Å². The van der Waals surface area contributed by atoms with Crippen molar-refractivity contribution in [2.24, 2.45) is 0 Å². The normalized spacial score (nSPS) is 14.2. The standard InChI is InChI=1S/C14H17ClN2O.C2H2O4/c1-9-11-3-8-18-14(11)13(10(2)12(9)15)17-6-4-16-5-7-17;3-1(4)2(5)6/h3,8,16H,4-7H2,1-2H3;(H,3,4)(H,5,6). The minimum absolute atomic E-state index is 0.859. The average Bonchev–Trinajstić information content (AvgIpc) is 3.04. The van der Waals surface area contributed by atoms with Crippen LogP contribution >= 0.6 is 11.6 Å². The number of fused-ring (bicyclic) bond motifs is 1. The average molecular weight is 355 g/mol. The summed E-state index contributed by atoms with van der Waals surface area (Å²) in [6, 6.07) is 2.00. The van der Waals surface area contributed by atoms with Crippen molar-refractivity contribution in [2.45, 2.75) is 13.8 Å². The van der Waals surface area contributed by atoms with Gasteiger partial charge in [-0.1, -0.05) is 11.6 Å². The highest BCUT2D eigenvalue weighted by atomic mass is 35.5. The summed E-state index contributed by atoms with van der Waals surface area (Å²) >= 11 is 6.45. The maximum absolute atomic E-state index is 9.10. The Morgan fingerprint density at radius 1 is 1.17 bits per heavy atom. The fraction of sp³-hybridized carbons (Fsp3) is 0.375. The van der Waals surface area contributed by atoms with Gasteiger partial charge in [-0.05, 0) is 31.0 Å². The second-order valence-electron chi connectivity index (χ2n) is 5.42. The topological polar surface area (TPSA) is 103 Å². The largest absolute Gasteiger partial charge is 0.473 e. The summed E-state index contributed by atoms with van der Waals surface area (Å²) in [6.45, 7) is 8.13. The van der Waals surface area contributed by atoms with Gasteiger partial charge in [0.25, 0.3) is 0 Å². The van der Waals surface area contributed by atoms with Crippen LogP contribution in [0.2, 0.25) is 5.02 Å². The van der Waals surface area contributed by atoms with Crippen molar-refractivity contribution in [1.29, 1.82) is 0 Å². The molecular formula is C16H19ClN2O5. The van der Waals surface area contributed by atoms with Crippen LogP contribution in [-0.2, 0) is 9.59 Å².